The maximum absolute atomic E-state index is 12.4. The van der Waals surface area contributed by atoms with E-state index in [0.717, 1.165) is 10.9 Å². The Labute approximate surface area is 163 Å². The van der Waals surface area contributed by atoms with E-state index in [-0.39, 0.29) is 19.3 Å². The summed E-state index contributed by atoms with van der Waals surface area (Å²) >= 11 is 0. The number of hydrogen-bond acceptors (Lipinski definition) is 5. The summed E-state index contributed by atoms with van der Waals surface area (Å²) in [7, 11) is 0. The lowest BCUT2D eigenvalue weighted by molar-refractivity contribution is -0.187. The zero-order chi connectivity index (χ0) is 21.6. The first-order chi connectivity index (χ1) is 13.6. The smallest absolute Gasteiger partial charge is 0.422 e. The summed E-state index contributed by atoms with van der Waals surface area (Å²) in [6, 6.07) is 4.41. The van der Waals surface area contributed by atoms with Crippen molar-refractivity contribution in [1.29, 1.82) is 0 Å². The lowest BCUT2D eigenvalue weighted by atomic mass is 10.0. The van der Waals surface area contributed by atoms with Crippen LogP contribution >= 0.6 is 0 Å². The van der Waals surface area contributed by atoms with Crippen molar-refractivity contribution >= 4 is 28.7 Å². The number of benzene rings is 1. The average Bonchev–Trinajstić information content (AvgIpc) is 3.06. The summed E-state index contributed by atoms with van der Waals surface area (Å²) in [6.45, 7) is -1.78. The van der Waals surface area contributed by atoms with Crippen LogP contribution in [-0.2, 0) is 25.5 Å². The van der Waals surface area contributed by atoms with Gasteiger partial charge in [-0.2, -0.15) is 13.2 Å². The van der Waals surface area contributed by atoms with Crippen molar-refractivity contribution in [2.75, 3.05) is 6.61 Å². The van der Waals surface area contributed by atoms with Crippen LogP contribution in [0, 0.1) is 0 Å². The fourth-order valence-electron chi connectivity index (χ4n) is 2.64. The van der Waals surface area contributed by atoms with Gasteiger partial charge >= 0.3 is 18.1 Å². The topological polar surface area (TPSA) is 135 Å². The third-order valence-electron chi connectivity index (χ3n) is 4.10. The highest BCUT2D eigenvalue weighted by molar-refractivity contribution is 5.87. The number of nitrogens with two attached hydrogens (primary N) is 1. The number of aromatic nitrogens is 1. The summed E-state index contributed by atoms with van der Waals surface area (Å²) in [5.74, 6) is -3.27. The van der Waals surface area contributed by atoms with E-state index in [2.05, 4.69) is 15.0 Å². The number of esters is 1. The first-order valence-corrected chi connectivity index (χ1v) is 8.63. The molecule has 2 rings (SSSR count). The van der Waals surface area contributed by atoms with Crippen molar-refractivity contribution in [3.63, 3.8) is 0 Å². The Morgan fingerprint density at radius 2 is 1.93 bits per heavy atom. The van der Waals surface area contributed by atoms with E-state index in [4.69, 9.17) is 10.8 Å². The molecule has 0 unspecified atom stereocenters. The Kier molecular flexibility index (Phi) is 7.21. The van der Waals surface area contributed by atoms with E-state index in [1.807, 2.05) is 0 Å². The number of aromatic amines is 1. The van der Waals surface area contributed by atoms with E-state index in [9.17, 15) is 27.6 Å². The third kappa shape index (κ3) is 6.79. The van der Waals surface area contributed by atoms with Gasteiger partial charge in [0.15, 0.2) is 6.61 Å². The normalized spacial score (nSPS) is 13.7. The van der Waals surface area contributed by atoms with Crippen molar-refractivity contribution in [2.45, 2.75) is 37.5 Å². The molecule has 11 heteroatoms. The van der Waals surface area contributed by atoms with Crippen molar-refractivity contribution in [3.8, 4) is 0 Å². The Bertz CT molecular complexity index is 881. The molecule has 8 nitrogen and oxygen atoms in total. The zero-order valence-corrected chi connectivity index (χ0v) is 15.2. The van der Waals surface area contributed by atoms with E-state index in [0.29, 0.717) is 5.56 Å². The molecule has 2 aromatic rings. The van der Waals surface area contributed by atoms with Gasteiger partial charge in [0.1, 0.15) is 12.1 Å². The maximum atomic E-state index is 12.4. The van der Waals surface area contributed by atoms with Crippen LogP contribution in [0.25, 0.3) is 10.9 Å². The molecule has 158 valence electrons. The highest BCUT2D eigenvalue weighted by atomic mass is 19.4. The van der Waals surface area contributed by atoms with Gasteiger partial charge in [0.2, 0.25) is 5.91 Å². The maximum Gasteiger partial charge on any atom is 0.422 e. The number of hydrogen-bond donors (Lipinski definition) is 4. The standard InChI is InChI=1S/C18H20F3N3O5/c19-18(20,21)9-29-17(28)14(24-15(25)6-5-12(22)16(26)27)7-10-8-23-13-4-2-1-3-11(10)13/h1-4,8,12,14,23H,5-7,9,22H2,(H,24,25)(H,26,27)/t12-,14+/m1/s1. The van der Waals surface area contributed by atoms with E-state index < -0.39 is 42.7 Å². The Morgan fingerprint density at radius 3 is 2.59 bits per heavy atom. The molecule has 1 amide bonds. The summed E-state index contributed by atoms with van der Waals surface area (Å²) in [5.41, 5.74) is 6.67. The minimum Gasteiger partial charge on any atom is -0.480 e. The molecule has 0 bridgehead atoms. The summed E-state index contributed by atoms with van der Waals surface area (Å²) in [6.07, 6.45) is -3.75. The van der Waals surface area contributed by atoms with E-state index in [1.54, 1.807) is 30.5 Å². The van der Waals surface area contributed by atoms with Crippen molar-refractivity contribution < 1.29 is 37.4 Å². The summed E-state index contributed by atoms with van der Waals surface area (Å²) in [4.78, 5) is 37.9. The second-order valence-electron chi connectivity index (χ2n) is 6.39. The highest BCUT2D eigenvalue weighted by Gasteiger charge is 2.32. The quantitative estimate of drug-likeness (QED) is 0.459. The van der Waals surface area contributed by atoms with Crippen LogP contribution in [0.1, 0.15) is 18.4 Å². The molecule has 1 aromatic heterocycles. The molecule has 0 saturated heterocycles. The molecule has 0 saturated carbocycles. The van der Waals surface area contributed by atoms with Gasteiger partial charge in [-0.05, 0) is 18.1 Å². The second kappa shape index (κ2) is 9.41. The molecular weight excluding hydrogens is 395 g/mol. The van der Waals surface area contributed by atoms with Gasteiger partial charge < -0.3 is 25.9 Å². The lowest BCUT2D eigenvalue weighted by Gasteiger charge is -2.18. The fraction of sp³-hybridized carbons (Fsp3) is 0.389. The molecule has 0 fully saturated rings. The number of carbonyl (C=O) groups excluding carboxylic acids is 2. The number of halogens is 3. The van der Waals surface area contributed by atoms with Crippen molar-refractivity contribution in [3.05, 3.63) is 36.0 Å². The third-order valence-corrected chi connectivity index (χ3v) is 4.10. The number of para-hydroxylation sites is 1. The van der Waals surface area contributed by atoms with Crippen LogP contribution in [0.2, 0.25) is 0 Å². The number of fused-ring (bicyclic) bond motifs is 1. The number of carboxylic acids is 1. The van der Waals surface area contributed by atoms with Crippen LogP contribution in [0.15, 0.2) is 30.5 Å². The van der Waals surface area contributed by atoms with Gasteiger partial charge in [0.25, 0.3) is 0 Å². The number of alkyl halides is 3. The van der Waals surface area contributed by atoms with Gasteiger partial charge in [-0.3, -0.25) is 9.59 Å². The Balaban J connectivity index is 2.11. The van der Waals surface area contributed by atoms with Crippen LogP contribution in [0.5, 0.6) is 0 Å². The van der Waals surface area contributed by atoms with Crippen LogP contribution in [0.3, 0.4) is 0 Å². The first kappa shape index (κ1) is 22.2. The molecule has 0 aliphatic rings. The van der Waals surface area contributed by atoms with Crippen molar-refractivity contribution in [2.24, 2.45) is 5.73 Å². The summed E-state index contributed by atoms with van der Waals surface area (Å²) in [5, 5.41) is 11.8. The SMILES string of the molecule is N[C@H](CCC(=O)N[C@@H](Cc1c[nH]c2ccccc12)C(=O)OCC(F)(F)F)C(=O)O. The number of carbonyl (C=O) groups is 3. The minimum atomic E-state index is -4.71. The average molecular weight is 415 g/mol. The largest absolute Gasteiger partial charge is 0.480 e. The fourth-order valence-corrected chi connectivity index (χ4v) is 2.64. The number of amides is 1. The summed E-state index contributed by atoms with van der Waals surface area (Å²) < 4.78 is 41.4. The van der Waals surface area contributed by atoms with Gasteiger partial charge in [0, 0.05) is 29.9 Å². The Hall–Kier alpha value is -3.08. The highest BCUT2D eigenvalue weighted by Crippen LogP contribution is 2.20. The number of H-pyrrole nitrogens is 1. The molecule has 0 aliphatic heterocycles. The first-order valence-electron chi connectivity index (χ1n) is 8.63. The molecule has 1 heterocycles. The molecule has 0 spiro atoms. The monoisotopic (exact) mass is 415 g/mol. The Morgan fingerprint density at radius 1 is 1.24 bits per heavy atom. The molecule has 5 N–H and O–H groups in total. The second-order valence-corrected chi connectivity index (χ2v) is 6.39. The number of aliphatic carboxylic acids is 1. The van der Waals surface area contributed by atoms with Gasteiger partial charge in [0.05, 0.1) is 0 Å². The predicted octanol–water partition coefficient (Wildman–Crippen LogP) is 1.49. The van der Waals surface area contributed by atoms with Crippen molar-refractivity contribution in [1.82, 2.24) is 10.3 Å². The van der Waals surface area contributed by atoms with E-state index in [1.165, 1.54) is 0 Å². The molecule has 1 aromatic carbocycles. The number of rotatable bonds is 9. The molecular formula is C18H20F3N3O5. The lowest BCUT2D eigenvalue weighted by Crippen LogP contribution is -2.44. The van der Waals surface area contributed by atoms with Crippen LogP contribution in [0.4, 0.5) is 13.2 Å². The number of ether oxygens (including phenoxy) is 1. The molecule has 2 atom stereocenters. The van der Waals surface area contributed by atoms with E-state index >= 15 is 0 Å². The molecule has 29 heavy (non-hydrogen) atoms. The van der Waals surface area contributed by atoms with Crippen LogP contribution in [-0.4, -0.2) is 52.8 Å². The zero-order valence-electron chi connectivity index (χ0n) is 15.2. The minimum absolute atomic E-state index is 0.114. The number of carboxylic acid groups (broad SMARTS) is 1. The molecule has 0 radical (unpaired) electrons. The molecule has 0 aliphatic carbocycles. The van der Waals surface area contributed by atoms with Gasteiger partial charge in [-0.15, -0.1) is 0 Å². The van der Waals surface area contributed by atoms with Crippen LogP contribution < -0.4 is 11.1 Å². The van der Waals surface area contributed by atoms with Gasteiger partial charge in [-0.25, -0.2) is 4.79 Å². The number of nitrogens with one attached hydrogen (secondary N) is 2. The van der Waals surface area contributed by atoms with Gasteiger partial charge in [-0.1, -0.05) is 18.2 Å². The predicted molar refractivity (Wildman–Crippen MR) is 95.8 cm³/mol.